The van der Waals surface area contributed by atoms with Gasteiger partial charge >= 0.3 is 0 Å². The normalized spacial score (nSPS) is 11.1. The highest BCUT2D eigenvalue weighted by Gasteiger charge is 2.03. The maximum atomic E-state index is 3.65. The second-order valence-electron chi connectivity index (χ2n) is 8.28. The molecule has 1 N–H and O–H groups in total. The lowest BCUT2D eigenvalue weighted by Gasteiger charge is -2.13. The highest BCUT2D eigenvalue weighted by Crippen LogP contribution is 2.25. The lowest BCUT2D eigenvalue weighted by Crippen LogP contribution is -1.96. The van der Waals surface area contributed by atoms with Crippen LogP contribution in [0.4, 0.5) is 11.4 Å². The average molecular weight is 388 g/mol. The predicted molar refractivity (Wildman–Crippen MR) is 129 cm³/mol. The summed E-state index contributed by atoms with van der Waals surface area (Å²) in [5, 5.41) is 6.22. The zero-order valence-corrected chi connectivity index (χ0v) is 18.1. The molecule has 3 aromatic rings. The van der Waals surface area contributed by atoms with Crippen LogP contribution in [0.3, 0.4) is 0 Å². The van der Waals surface area contributed by atoms with Crippen molar-refractivity contribution in [2.24, 2.45) is 0 Å². The Morgan fingerprint density at radius 3 is 1.97 bits per heavy atom. The third kappa shape index (κ3) is 7.24. The fraction of sp³-hybridized carbons (Fsp3) is 0.429. The minimum atomic E-state index is 1.16. The molecule has 0 unspecified atom stereocenters. The highest BCUT2D eigenvalue weighted by atomic mass is 14.9. The number of fused-ring (bicyclic) bond motifs is 1. The van der Waals surface area contributed by atoms with Gasteiger partial charge < -0.3 is 5.32 Å². The van der Waals surface area contributed by atoms with E-state index in [2.05, 4.69) is 79.0 Å². The molecule has 0 atom stereocenters. The Balaban J connectivity index is 1.43. The van der Waals surface area contributed by atoms with Crippen LogP contribution in [-0.4, -0.2) is 0 Å². The third-order valence-corrected chi connectivity index (χ3v) is 5.85. The molecule has 0 saturated heterocycles. The lowest BCUT2D eigenvalue weighted by atomic mass is 10.0. The molecule has 0 amide bonds. The number of aryl methyl sites for hydroxylation is 1. The van der Waals surface area contributed by atoms with Gasteiger partial charge in [-0.25, -0.2) is 0 Å². The van der Waals surface area contributed by atoms with Crippen molar-refractivity contribution in [1.29, 1.82) is 0 Å². The Bertz CT molecular complexity index is 852. The van der Waals surface area contributed by atoms with E-state index in [0.717, 1.165) is 6.42 Å². The van der Waals surface area contributed by atoms with Crippen LogP contribution in [0.15, 0.2) is 66.7 Å². The number of unbranched alkanes of at least 4 members (excludes halogenated alkanes) is 9. The van der Waals surface area contributed by atoms with Crippen molar-refractivity contribution in [3.63, 3.8) is 0 Å². The molecular formula is C28H37N. The molecule has 0 bridgehead atoms. The standard InChI is InChI=1S/C28H37N/c1-2-3-4-5-6-7-8-9-10-11-17-25-18-14-15-20-28(25)29-27-22-21-24-16-12-13-19-26(24)23-27/h12-16,18-23,29H,2-11,17H2,1H3. The largest absolute Gasteiger partial charge is 0.355 e. The van der Waals surface area contributed by atoms with Gasteiger partial charge in [0.2, 0.25) is 0 Å². The third-order valence-electron chi connectivity index (χ3n) is 5.85. The second kappa shape index (κ2) is 12.3. The summed E-state index contributed by atoms with van der Waals surface area (Å²) < 4.78 is 0. The molecule has 0 aliphatic rings. The topological polar surface area (TPSA) is 12.0 Å². The summed E-state index contributed by atoms with van der Waals surface area (Å²) >= 11 is 0. The van der Waals surface area contributed by atoms with Crippen LogP contribution in [0.5, 0.6) is 0 Å². The summed E-state index contributed by atoms with van der Waals surface area (Å²) in [4.78, 5) is 0. The number of benzene rings is 3. The molecule has 3 rings (SSSR count). The molecule has 0 spiro atoms. The zero-order chi connectivity index (χ0) is 20.2. The summed E-state index contributed by atoms with van der Waals surface area (Å²) in [7, 11) is 0. The van der Waals surface area contributed by atoms with Gasteiger partial charge in [0.1, 0.15) is 0 Å². The molecule has 29 heavy (non-hydrogen) atoms. The van der Waals surface area contributed by atoms with Crippen molar-refractivity contribution < 1.29 is 0 Å². The first-order valence-electron chi connectivity index (χ1n) is 11.7. The maximum absolute atomic E-state index is 3.65. The van der Waals surface area contributed by atoms with Crippen LogP contribution in [0.25, 0.3) is 10.8 Å². The average Bonchev–Trinajstić information content (AvgIpc) is 2.76. The minimum absolute atomic E-state index is 1.16. The van der Waals surface area contributed by atoms with E-state index in [1.54, 1.807) is 0 Å². The molecule has 0 aliphatic heterocycles. The van der Waals surface area contributed by atoms with E-state index in [1.807, 2.05) is 0 Å². The van der Waals surface area contributed by atoms with Crippen LogP contribution in [0, 0.1) is 0 Å². The lowest BCUT2D eigenvalue weighted by molar-refractivity contribution is 0.556. The Hall–Kier alpha value is -2.28. The van der Waals surface area contributed by atoms with Gasteiger partial charge in [0.25, 0.3) is 0 Å². The van der Waals surface area contributed by atoms with Crippen LogP contribution in [0.1, 0.15) is 76.7 Å². The predicted octanol–water partition coefficient (Wildman–Crippen LogP) is 9.05. The van der Waals surface area contributed by atoms with Crippen LogP contribution < -0.4 is 5.32 Å². The summed E-state index contributed by atoms with van der Waals surface area (Å²) in [5.74, 6) is 0. The summed E-state index contributed by atoms with van der Waals surface area (Å²) in [6, 6.07) is 23.9. The minimum Gasteiger partial charge on any atom is -0.355 e. The number of hydrogen-bond acceptors (Lipinski definition) is 1. The number of rotatable bonds is 13. The van der Waals surface area contributed by atoms with Crippen LogP contribution >= 0.6 is 0 Å². The number of hydrogen-bond donors (Lipinski definition) is 1. The van der Waals surface area contributed by atoms with E-state index in [1.165, 1.54) is 91.9 Å². The van der Waals surface area contributed by atoms with Crippen molar-refractivity contribution in [1.82, 2.24) is 0 Å². The van der Waals surface area contributed by atoms with E-state index >= 15 is 0 Å². The summed E-state index contributed by atoms with van der Waals surface area (Å²) in [5.41, 5.74) is 3.85. The summed E-state index contributed by atoms with van der Waals surface area (Å²) in [6.45, 7) is 2.29. The van der Waals surface area contributed by atoms with Crippen molar-refractivity contribution in [3.05, 3.63) is 72.3 Å². The molecule has 154 valence electrons. The van der Waals surface area contributed by atoms with Gasteiger partial charge in [-0.15, -0.1) is 0 Å². The Morgan fingerprint density at radius 1 is 0.586 bits per heavy atom. The fourth-order valence-corrected chi connectivity index (χ4v) is 4.09. The Labute approximate surface area is 177 Å². The first-order chi connectivity index (χ1) is 14.4. The van der Waals surface area contributed by atoms with E-state index < -0.39 is 0 Å². The molecular weight excluding hydrogens is 350 g/mol. The second-order valence-corrected chi connectivity index (χ2v) is 8.28. The van der Waals surface area contributed by atoms with Gasteiger partial charge in [0.15, 0.2) is 0 Å². The number of nitrogens with one attached hydrogen (secondary N) is 1. The SMILES string of the molecule is CCCCCCCCCCCCc1ccccc1Nc1ccc2ccccc2c1. The fourth-order valence-electron chi connectivity index (χ4n) is 4.09. The first-order valence-corrected chi connectivity index (χ1v) is 11.7. The van der Waals surface area contributed by atoms with Crippen molar-refractivity contribution in [2.75, 3.05) is 5.32 Å². The number of para-hydroxylation sites is 1. The molecule has 1 nitrogen and oxygen atoms in total. The van der Waals surface area contributed by atoms with Crippen LogP contribution in [0.2, 0.25) is 0 Å². The van der Waals surface area contributed by atoms with E-state index in [-0.39, 0.29) is 0 Å². The molecule has 1 heteroatoms. The molecule has 0 aliphatic carbocycles. The van der Waals surface area contributed by atoms with E-state index in [4.69, 9.17) is 0 Å². The molecule has 0 fully saturated rings. The van der Waals surface area contributed by atoms with E-state index in [9.17, 15) is 0 Å². The van der Waals surface area contributed by atoms with Crippen molar-refractivity contribution >= 4 is 22.1 Å². The molecule has 0 saturated carbocycles. The Kier molecular flexibility index (Phi) is 9.10. The van der Waals surface area contributed by atoms with Gasteiger partial charge in [-0.1, -0.05) is 113 Å². The van der Waals surface area contributed by atoms with Gasteiger partial charge in [0.05, 0.1) is 0 Å². The highest BCUT2D eigenvalue weighted by molar-refractivity contribution is 5.86. The molecule has 3 aromatic carbocycles. The molecule has 0 aromatic heterocycles. The van der Waals surface area contributed by atoms with E-state index in [0.29, 0.717) is 0 Å². The van der Waals surface area contributed by atoms with Crippen molar-refractivity contribution in [3.8, 4) is 0 Å². The molecule has 0 radical (unpaired) electrons. The van der Waals surface area contributed by atoms with Crippen LogP contribution in [-0.2, 0) is 6.42 Å². The first kappa shape index (κ1) is 21.4. The smallest absolute Gasteiger partial charge is 0.0416 e. The quantitative estimate of drug-likeness (QED) is 0.288. The maximum Gasteiger partial charge on any atom is 0.0416 e. The zero-order valence-electron chi connectivity index (χ0n) is 18.1. The monoisotopic (exact) mass is 387 g/mol. The summed E-state index contributed by atoms with van der Waals surface area (Å²) in [6.07, 6.45) is 15.0. The van der Waals surface area contributed by atoms with Gasteiger partial charge in [-0.05, 0) is 47.4 Å². The molecule has 0 heterocycles. The van der Waals surface area contributed by atoms with Gasteiger partial charge in [0, 0.05) is 11.4 Å². The number of anilines is 2. The van der Waals surface area contributed by atoms with Gasteiger partial charge in [-0.2, -0.15) is 0 Å². The van der Waals surface area contributed by atoms with Gasteiger partial charge in [-0.3, -0.25) is 0 Å². The Morgan fingerprint density at radius 2 is 1.21 bits per heavy atom. The van der Waals surface area contributed by atoms with Crippen molar-refractivity contribution in [2.45, 2.75) is 77.6 Å².